The first kappa shape index (κ1) is 16.2. The van der Waals surface area contributed by atoms with Gasteiger partial charge in [0.1, 0.15) is 5.15 Å². The minimum Gasteiger partial charge on any atom is -0.388 e. The van der Waals surface area contributed by atoms with Crippen molar-refractivity contribution in [2.75, 3.05) is 6.54 Å². The molecule has 0 spiro atoms. The van der Waals surface area contributed by atoms with Crippen molar-refractivity contribution in [2.45, 2.75) is 45.1 Å². The van der Waals surface area contributed by atoms with E-state index in [-0.39, 0.29) is 17.6 Å². The summed E-state index contributed by atoms with van der Waals surface area (Å²) >= 11 is 6.21. The predicted octanol–water partition coefficient (Wildman–Crippen LogP) is 3.54. The highest BCUT2D eigenvalue weighted by Crippen LogP contribution is 2.29. The predicted molar refractivity (Wildman–Crippen MR) is 92.0 cm³/mol. The lowest BCUT2D eigenvalue weighted by atomic mass is 10.0. The van der Waals surface area contributed by atoms with E-state index in [1.165, 1.54) is 0 Å². The van der Waals surface area contributed by atoms with Crippen molar-refractivity contribution in [3.8, 4) is 0 Å². The molecule has 0 aliphatic heterocycles. The molecule has 1 saturated carbocycles. The molecule has 122 valence electrons. The lowest BCUT2D eigenvalue weighted by Gasteiger charge is -2.22. The van der Waals surface area contributed by atoms with Crippen LogP contribution in [0.1, 0.15) is 47.2 Å². The summed E-state index contributed by atoms with van der Waals surface area (Å²) in [6.07, 6.45) is 3.47. The fourth-order valence-electron chi connectivity index (χ4n) is 3.34. The van der Waals surface area contributed by atoms with Crippen LogP contribution >= 0.6 is 11.6 Å². The molecule has 4 nitrogen and oxygen atoms in total. The number of hydrogen-bond donors (Lipinski definition) is 2. The van der Waals surface area contributed by atoms with E-state index in [2.05, 4.69) is 10.3 Å². The van der Waals surface area contributed by atoms with Crippen LogP contribution in [0.2, 0.25) is 5.15 Å². The molecule has 0 atom stereocenters. The minimum absolute atomic E-state index is 0.195. The Morgan fingerprint density at radius 3 is 2.70 bits per heavy atom. The first-order valence-corrected chi connectivity index (χ1v) is 8.34. The second-order valence-electron chi connectivity index (χ2n) is 6.59. The number of benzene rings is 1. The van der Waals surface area contributed by atoms with Crippen LogP contribution in [0, 0.1) is 13.8 Å². The molecule has 1 aliphatic carbocycles. The van der Waals surface area contributed by atoms with Crippen molar-refractivity contribution in [2.24, 2.45) is 0 Å². The SMILES string of the molecule is Cc1cc(C)c2nc(Cl)c(C(=O)NCC3(O)CCCC3)cc2c1. The molecule has 1 aromatic heterocycles. The number of carbonyl (C=O) groups is 1. The van der Waals surface area contributed by atoms with Crippen LogP contribution in [0.3, 0.4) is 0 Å². The van der Waals surface area contributed by atoms with Crippen LogP contribution in [0.4, 0.5) is 0 Å². The summed E-state index contributed by atoms with van der Waals surface area (Å²) in [5, 5.41) is 14.2. The maximum absolute atomic E-state index is 12.4. The van der Waals surface area contributed by atoms with Crippen molar-refractivity contribution >= 4 is 28.4 Å². The topological polar surface area (TPSA) is 62.2 Å². The van der Waals surface area contributed by atoms with E-state index in [0.29, 0.717) is 5.56 Å². The maximum atomic E-state index is 12.4. The van der Waals surface area contributed by atoms with E-state index in [1.807, 2.05) is 26.0 Å². The van der Waals surface area contributed by atoms with Gasteiger partial charge in [-0.3, -0.25) is 4.79 Å². The number of carbonyl (C=O) groups excluding carboxylic acids is 1. The first-order chi connectivity index (χ1) is 10.9. The second-order valence-corrected chi connectivity index (χ2v) is 6.95. The lowest BCUT2D eigenvalue weighted by Crippen LogP contribution is -2.40. The molecule has 2 N–H and O–H groups in total. The summed E-state index contributed by atoms with van der Waals surface area (Å²) in [5.74, 6) is -0.288. The third-order valence-electron chi connectivity index (χ3n) is 4.56. The number of rotatable bonds is 3. The zero-order valence-corrected chi connectivity index (χ0v) is 14.2. The number of aryl methyl sites for hydroxylation is 2. The number of nitrogens with one attached hydrogen (secondary N) is 1. The standard InChI is InChI=1S/C18H21ClN2O2/c1-11-7-12(2)15-13(8-11)9-14(16(19)21-15)17(22)20-10-18(23)5-3-4-6-18/h7-9,23H,3-6,10H2,1-2H3,(H,20,22). The van der Waals surface area contributed by atoms with Gasteiger partial charge in [0, 0.05) is 11.9 Å². The van der Waals surface area contributed by atoms with Gasteiger partial charge in [0.2, 0.25) is 0 Å². The maximum Gasteiger partial charge on any atom is 0.254 e. The van der Waals surface area contributed by atoms with Gasteiger partial charge in [0.25, 0.3) is 5.91 Å². The van der Waals surface area contributed by atoms with Crippen LogP contribution in [0.5, 0.6) is 0 Å². The first-order valence-electron chi connectivity index (χ1n) is 7.96. The average Bonchev–Trinajstić information content (AvgIpc) is 2.92. The van der Waals surface area contributed by atoms with Crippen LogP contribution in [0.25, 0.3) is 10.9 Å². The number of halogens is 1. The Hall–Kier alpha value is -1.65. The molecule has 3 rings (SSSR count). The molecular weight excluding hydrogens is 312 g/mol. The molecule has 1 aromatic carbocycles. The van der Waals surface area contributed by atoms with Gasteiger partial charge in [-0.25, -0.2) is 4.98 Å². The monoisotopic (exact) mass is 332 g/mol. The fraction of sp³-hybridized carbons (Fsp3) is 0.444. The third kappa shape index (κ3) is 3.33. The molecule has 1 heterocycles. The highest BCUT2D eigenvalue weighted by molar-refractivity contribution is 6.33. The van der Waals surface area contributed by atoms with E-state index in [0.717, 1.165) is 47.7 Å². The van der Waals surface area contributed by atoms with Crippen molar-refractivity contribution in [1.82, 2.24) is 10.3 Å². The number of fused-ring (bicyclic) bond motifs is 1. The number of aliphatic hydroxyl groups is 1. The zero-order chi connectivity index (χ0) is 16.6. The Kier molecular flexibility index (Phi) is 4.30. The molecule has 0 unspecified atom stereocenters. The van der Waals surface area contributed by atoms with Crippen molar-refractivity contribution in [3.63, 3.8) is 0 Å². The molecule has 1 amide bonds. The smallest absolute Gasteiger partial charge is 0.254 e. The summed E-state index contributed by atoms with van der Waals surface area (Å²) in [6, 6.07) is 5.81. The summed E-state index contributed by atoms with van der Waals surface area (Å²) < 4.78 is 0. The quantitative estimate of drug-likeness (QED) is 0.845. The highest BCUT2D eigenvalue weighted by atomic mass is 35.5. The second kappa shape index (κ2) is 6.10. The molecule has 5 heteroatoms. The van der Waals surface area contributed by atoms with Crippen LogP contribution in [-0.2, 0) is 0 Å². The van der Waals surface area contributed by atoms with Crippen molar-refractivity contribution in [3.05, 3.63) is 40.0 Å². The largest absolute Gasteiger partial charge is 0.388 e. The number of aromatic nitrogens is 1. The van der Waals surface area contributed by atoms with Crippen LogP contribution in [0.15, 0.2) is 18.2 Å². The number of nitrogens with zero attached hydrogens (tertiary/aromatic N) is 1. The Bertz CT molecular complexity index is 767. The molecule has 0 saturated heterocycles. The molecule has 2 aromatic rings. The Morgan fingerprint density at radius 1 is 1.30 bits per heavy atom. The van der Waals surface area contributed by atoms with Gasteiger partial charge in [-0.1, -0.05) is 36.1 Å². The van der Waals surface area contributed by atoms with E-state index in [4.69, 9.17) is 11.6 Å². The minimum atomic E-state index is -0.778. The number of hydrogen-bond acceptors (Lipinski definition) is 3. The molecule has 0 radical (unpaired) electrons. The summed E-state index contributed by atoms with van der Waals surface area (Å²) in [7, 11) is 0. The molecular formula is C18H21ClN2O2. The normalized spacial score (nSPS) is 16.7. The van der Waals surface area contributed by atoms with Crippen molar-refractivity contribution < 1.29 is 9.90 Å². The molecule has 1 fully saturated rings. The van der Waals surface area contributed by atoms with Gasteiger partial charge in [-0.2, -0.15) is 0 Å². The third-order valence-corrected chi connectivity index (χ3v) is 4.85. The van der Waals surface area contributed by atoms with Crippen LogP contribution in [-0.4, -0.2) is 28.1 Å². The summed E-state index contributed by atoms with van der Waals surface area (Å²) in [4.78, 5) is 16.8. The van der Waals surface area contributed by atoms with E-state index < -0.39 is 5.60 Å². The van der Waals surface area contributed by atoms with Crippen molar-refractivity contribution in [1.29, 1.82) is 0 Å². The van der Waals surface area contributed by atoms with Gasteiger partial charge >= 0.3 is 0 Å². The van der Waals surface area contributed by atoms with Gasteiger partial charge in [-0.05, 0) is 44.4 Å². The fourth-order valence-corrected chi connectivity index (χ4v) is 3.56. The summed E-state index contributed by atoms with van der Waals surface area (Å²) in [6.45, 7) is 4.25. The molecule has 1 aliphatic rings. The van der Waals surface area contributed by atoms with E-state index >= 15 is 0 Å². The molecule has 23 heavy (non-hydrogen) atoms. The van der Waals surface area contributed by atoms with Crippen LogP contribution < -0.4 is 5.32 Å². The van der Waals surface area contributed by atoms with E-state index in [1.54, 1.807) is 6.07 Å². The van der Waals surface area contributed by atoms with Gasteiger partial charge < -0.3 is 10.4 Å². The highest BCUT2D eigenvalue weighted by Gasteiger charge is 2.31. The Balaban J connectivity index is 1.86. The van der Waals surface area contributed by atoms with E-state index in [9.17, 15) is 9.90 Å². The van der Waals surface area contributed by atoms with Gasteiger partial charge in [-0.15, -0.1) is 0 Å². The zero-order valence-electron chi connectivity index (χ0n) is 13.4. The Labute approximate surface area is 140 Å². The summed E-state index contributed by atoms with van der Waals surface area (Å²) in [5.41, 5.74) is 2.54. The number of amides is 1. The number of pyridine rings is 1. The molecule has 0 bridgehead atoms. The van der Waals surface area contributed by atoms with Gasteiger partial charge in [0.15, 0.2) is 0 Å². The lowest BCUT2D eigenvalue weighted by molar-refractivity contribution is 0.0449. The van der Waals surface area contributed by atoms with Gasteiger partial charge in [0.05, 0.1) is 16.7 Å². The Morgan fingerprint density at radius 2 is 2.00 bits per heavy atom. The average molecular weight is 333 g/mol.